The molecule has 3 heterocycles. The minimum Gasteiger partial charge on any atom is -0.350 e. The Morgan fingerprint density at radius 1 is 1.12 bits per heavy atom. The summed E-state index contributed by atoms with van der Waals surface area (Å²) in [6.45, 7) is 1.32. The monoisotopic (exact) mass is 498 g/mol. The van der Waals surface area contributed by atoms with Crippen molar-refractivity contribution in [2.75, 3.05) is 17.8 Å². The van der Waals surface area contributed by atoms with Gasteiger partial charge in [0.05, 0.1) is 4.90 Å². The van der Waals surface area contributed by atoms with Crippen LogP contribution in [0, 0.1) is 5.82 Å². The first kappa shape index (κ1) is 22.5. The van der Waals surface area contributed by atoms with Crippen LogP contribution in [-0.2, 0) is 17.1 Å². The Labute approximate surface area is 201 Å². The van der Waals surface area contributed by atoms with E-state index in [0.29, 0.717) is 23.7 Å². The van der Waals surface area contributed by atoms with Gasteiger partial charge in [-0.25, -0.2) is 17.2 Å². The van der Waals surface area contributed by atoms with Crippen molar-refractivity contribution in [2.45, 2.75) is 23.7 Å². The van der Waals surface area contributed by atoms with Gasteiger partial charge in [-0.3, -0.25) is 9.52 Å². The Morgan fingerprint density at radius 2 is 1.85 bits per heavy atom. The van der Waals surface area contributed by atoms with Gasteiger partial charge in [0.15, 0.2) is 0 Å². The van der Waals surface area contributed by atoms with Crippen LogP contribution in [0.3, 0.4) is 0 Å². The van der Waals surface area contributed by atoms with Crippen molar-refractivity contribution in [1.82, 2.24) is 13.8 Å². The van der Waals surface area contributed by atoms with E-state index >= 15 is 0 Å². The molecule has 1 N–H and O–H groups in total. The van der Waals surface area contributed by atoms with Crippen LogP contribution < -0.4 is 4.72 Å². The van der Waals surface area contributed by atoms with E-state index in [-0.39, 0.29) is 16.7 Å². The molecule has 34 heavy (non-hydrogen) atoms. The molecule has 1 aliphatic heterocycles. The molecule has 0 unspecified atom stereocenters. The summed E-state index contributed by atoms with van der Waals surface area (Å²) >= 11 is 1.21. The fraction of sp³-hybridized carbons (Fsp3) is 0.250. The second kappa shape index (κ2) is 8.84. The van der Waals surface area contributed by atoms with Gasteiger partial charge in [0.25, 0.3) is 15.9 Å². The SMILES string of the molecule is Cn1cc(C2CCN(C(=O)c3ccns3)CC2)c2cc(NS(=O)(=O)c3ccc(F)cc3)ccc21. The zero-order valence-corrected chi connectivity index (χ0v) is 20.1. The van der Waals surface area contributed by atoms with Crippen LogP contribution in [0.4, 0.5) is 10.1 Å². The lowest BCUT2D eigenvalue weighted by molar-refractivity contribution is 0.0718. The number of hydrogen-bond acceptors (Lipinski definition) is 5. The molecule has 0 spiro atoms. The van der Waals surface area contributed by atoms with Crippen molar-refractivity contribution in [3.8, 4) is 0 Å². The minimum absolute atomic E-state index is 0.000242. The number of hydrogen-bond donors (Lipinski definition) is 1. The van der Waals surface area contributed by atoms with E-state index in [1.54, 1.807) is 18.3 Å². The van der Waals surface area contributed by atoms with Crippen LogP contribution >= 0.6 is 11.5 Å². The number of piperidine rings is 1. The molecule has 0 aliphatic carbocycles. The molecule has 0 radical (unpaired) electrons. The van der Waals surface area contributed by atoms with Crippen LogP contribution in [0.2, 0.25) is 0 Å². The average molecular weight is 499 g/mol. The molecule has 0 atom stereocenters. The highest BCUT2D eigenvalue weighted by Crippen LogP contribution is 2.36. The first-order valence-corrected chi connectivity index (χ1v) is 13.1. The Hall–Kier alpha value is -3.24. The molecule has 10 heteroatoms. The normalized spacial score (nSPS) is 15.1. The third-order valence-corrected chi connectivity index (χ3v) is 8.40. The molecule has 1 saturated heterocycles. The second-order valence-electron chi connectivity index (χ2n) is 8.43. The summed E-state index contributed by atoms with van der Waals surface area (Å²) in [5.41, 5.74) is 2.59. The van der Waals surface area contributed by atoms with E-state index in [1.807, 2.05) is 28.6 Å². The summed E-state index contributed by atoms with van der Waals surface area (Å²) in [6, 6.07) is 11.9. The molecular formula is C24H23FN4O3S2. The summed E-state index contributed by atoms with van der Waals surface area (Å²) in [6.07, 6.45) is 5.39. The quantitative estimate of drug-likeness (QED) is 0.436. The van der Waals surface area contributed by atoms with E-state index < -0.39 is 15.8 Å². The highest BCUT2D eigenvalue weighted by atomic mass is 32.2. The fourth-order valence-electron chi connectivity index (χ4n) is 4.51. The summed E-state index contributed by atoms with van der Waals surface area (Å²) < 4.78 is 47.4. The van der Waals surface area contributed by atoms with E-state index in [4.69, 9.17) is 0 Å². The lowest BCUT2D eigenvalue weighted by Gasteiger charge is -2.31. The van der Waals surface area contributed by atoms with Gasteiger partial charge in [0.1, 0.15) is 10.7 Å². The first-order chi connectivity index (χ1) is 16.3. The summed E-state index contributed by atoms with van der Waals surface area (Å²) in [4.78, 5) is 15.2. The number of sulfonamides is 1. The van der Waals surface area contributed by atoms with Gasteiger partial charge >= 0.3 is 0 Å². The van der Waals surface area contributed by atoms with E-state index in [9.17, 15) is 17.6 Å². The van der Waals surface area contributed by atoms with Gasteiger partial charge in [-0.05, 0) is 84.4 Å². The van der Waals surface area contributed by atoms with Crippen LogP contribution in [-0.4, -0.2) is 41.3 Å². The highest BCUT2D eigenvalue weighted by Gasteiger charge is 2.27. The van der Waals surface area contributed by atoms with Crippen molar-refractivity contribution in [3.63, 3.8) is 0 Å². The molecular weight excluding hydrogens is 475 g/mol. The van der Waals surface area contributed by atoms with E-state index in [1.165, 1.54) is 23.7 Å². The van der Waals surface area contributed by atoms with Gasteiger partial charge < -0.3 is 9.47 Å². The number of carbonyl (C=O) groups is 1. The highest BCUT2D eigenvalue weighted by molar-refractivity contribution is 7.92. The zero-order chi connectivity index (χ0) is 23.9. The Morgan fingerprint density at radius 3 is 2.53 bits per heavy atom. The molecule has 1 aliphatic rings. The zero-order valence-electron chi connectivity index (χ0n) is 18.4. The number of fused-ring (bicyclic) bond motifs is 1. The number of nitrogens with zero attached hydrogens (tertiary/aromatic N) is 3. The van der Waals surface area contributed by atoms with Gasteiger partial charge in [0, 0.05) is 49.1 Å². The number of aromatic nitrogens is 2. The summed E-state index contributed by atoms with van der Waals surface area (Å²) in [7, 11) is -1.87. The lowest BCUT2D eigenvalue weighted by atomic mass is 9.89. The topological polar surface area (TPSA) is 84.3 Å². The van der Waals surface area contributed by atoms with E-state index in [0.717, 1.165) is 41.4 Å². The first-order valence-electron chi connectivity index (χ1n) is 10.9. The number of carbonyl (C=O) groups excluding carboxylic acids is 1. The van der Waals surface area contributed by atoms with Gasteiger partial charge in [-0.2, -0.15) is 0 Å². The van der Waals surface area contributed by atoms with Crippen LogP contribution in [0.5, 0.6) is 0 Å². The third kappa shape index (κ3) is 4.30. The maximum Gasteiger partial charge on any atom is 0.265 e. The smallest absolute Gasteiger partial charge is 0.265 e. The predicted molar refractivity (Wildman–Crippen MR) is 130 cm³/mol. The summed E-state index contributed by atoms with van der Waals surface area (Å²) in [5, 5.41) is 0.981. The molecule has 7 nitrogen and oxygen atoms in total. The fourth-order valence-corrected chi connectivity index (χ4v) is 6.13. The average Bonchev–Trinajstić information content (AvgIpc) is 3.47. The molecule has 176 valence electrons. The van der Waals surface area contributed by atoms with Crippen molar-refractivity contribution < 1.29 is 17.6 Å². The molecule has 2 aromatic heterocycles. The van der Waals surface area contributed by atoms with Crippen molar-refractivity contribution in [2.24, 2.45) is 7.05 Å². The van der Waals surface area contributed by atoms with Gasteiger partial charge in [-0.15, -0.1) is 0 Å². The van der Waals surface area contributed by atoms with Crippen LogP contribution in [0.1, 0.15) is 34.0 Å². The minimum atomic E-state index is -3.84. The lowest BCUT2D eigenvalue weighted by Crippen LogP contribution is -2.37. The molecule has 0 saturated carbocycles. The van der Waals surface area contributed by atoms with Crippen molar-refractivity contribution in [3.05, 3.63) is 77.2 Å². The summed E-state index contributed by atoms with van der Waals surface area (Å²) in [5.74, 6) is -0.205. The van der Waals surface area contributed by atoms with Crippen molar-refractivity contribution >= 4 is 44.1 Å². The van der Waals surface area contributed by atoms with E-state index in [2.05, 4.69) is 15.3 Å². The maximum atomic E-state index is 13.2. The number of amides is 1. The van der Waals surface area contributed by atoms with Gasteiger partial charge in [-0.1, -0.05) is 0 Å². The van der Waals surface area contributed by atoms with Crippen molar-refractivity contribution in [1.29, 1.82) is 0 Å². The molecule has 2 aromatic carbocycles. The number of anilines is 1. The number of likely N-dealkylation sites (tertiary alicyclic amines) is 1. The Bertz CT molecular complexity index is 1440. The third-order valence-electron chi connectivity index (χ3n) is 6.27. The molecule has 4 aromatic rings. The van der Waals surface area contributed by atoms with Gasteiger partial charge in [0.2, 0.25) is 0 Å². The molecule has 1 amide bonds. The number of benzene rings is 2. The maximum absolute atomic E-state index is 13.2. The number of nitrogens with one attached hydrogen (secondary N) is 1. The largest absolute Gasteiger partial charge is 0.350 e. The Kier molecular flexibility index (Phi) is 5.86. The molecule has 1 fully saturated rings. The molecule has 0 bridgehead atoms. The second-order valence-corrected chi connectivity index (χ2v) is 10.9. The van der Waals surface area contributed by atoms with Crippen LogP contribution in [0.15, 0.2) is 65.8 Å². The predicted octanol–water partition coefficient (Wildman–Crippen LogP) is 4.59. The molecule has 5 rings (SSSR count). The number of rotatable bonds is 5. The number of aryl methyl sites for hydroxylation is 1. The van der Waals surface area contributed by atoms with Crippen LogP contribution in [0.25, 0.3) is 10.9 Å². The standard InChI is InChI=1S/C24H23FN4O3S2/c1-28-15-21(16-9-12-29(13-10-16)24(30)23-8-11-26-33-23)20-14-18(4-7-22(20)28)27-34(31,32)19-5-2-17(25)3-6-19/h2-8,11,14-16,27H,9-10,12-13H2,1H3. The number of halogens is 1. The Balaban J connectivity index is 1.37.